The number of piperidine rings is 1. The van der Waals surface area contributed by atoms with E-state index < -0.39 is 71.9 Å². The van der Waals surface area contributed by atoms with Gasteiger partial charge in [-0.3, -0.25) is 24.0 Å². The van der Waals surface area contributed by atoms with Crippen LogP contribution in [0.2, 0.25) is 0 Å². The normalized spacial score (nSPS) is 15.4. The van der Waals surface area contributed by atoms with Crippen molar-refractivity contribution < 1.29 is 42.6 Å². The second kappa shape index (κ2) is 18.6. The lowest BCUT2D eigenvalue weighted by molar-refractivity contribution is -0.157. The van der Waals surface area contributed by atoms with Crippen LogP contribution in [0.4, 0.5) is 0 Å². The van der Waals surface area contributed by atoms with Gasteiger partial charge in [0.15, 0.2) is 11.6 Å². The highest BCUT2D eigenvalue weighted by molar-refractivity contribution is 6.08. The Morgan fingerprint density at radius 2 is 1.77 bits per heavy atom. The average Bonchev–Trinajstić information content (AvgIpc) is 3.60. The van der Waals surface area contributed by atoms with Gasteiger partial charge in [0.2, 0.25) is 11.8 Å². The fourth-order valence-corrected chi connectivity index (χ4v) is 6.46. The Labute approximate surface area is 323 Å². The number of rotatable bonds is 16. The zero-order chi connectivity index (χ0) is 40.4. The number of amides is 3. The number of benzene rings is 2. The van der Waals surface area contributed by atoms with Gasteiger partial charge >= 0.3 is 11.6 Å². The minimum Gasteiger partial charge on any atom is -0.485 e. The topological polar surface area (TPSA) is 214 Å². The van der Waals surface area contributed by atoms with Crippen LogP contribution in [0.1, 0.15) is 74.8 Å². The highest BCUT2D eigenvalue weighted by Gasteiger charge is 2.38. The summed E-state index contributed by atoms with van der Waals surface area (Å²) >= 11 is 0. The summed E-state index contributed by atoms with van der Waals surface area (Å²) in [6.07, 6.45) is 1.20. The molecular weight excluding hydrogens is 726 g/mol. The number of aromatic nitrogens is 4. The molecule has 0 radical (unpaired) electrons. The molecule has 2 N–H and O–H groups in total. The number of esters is 1. The highest BCUT2D eigenvalue weighted by Crippen LogP contribution is 2.23. The van der Waals surface area contributed by atoms with E-state index >= 15 is 0 Å². The molecule has 56 heavy (non-hydrogen) atoms. The minimum atomic E-state index is -1.39. The molecule has 0 bridgehead atoms. The first-order valence-corrected chi connectivity index (χ1v) is 18.3. The van der Waals surface area contributed by atoms with Gasteiger partial charge in [-0.1, -0.05) is 36.4 Å². The highest BCUT2D eigenvalue weighted by atomic mass is 16.6. The second-order valence-electron chi connectivity index (χ2n) is 14.5. The summed E-state index contributed by atoms with van der Waals surface area (Å²) in [5.74, 6) is -2.31. The van der Waals surface area contributed by atoms with Crippen LogP contribution in [-0.4, -0.2) is 98.6 Å². The van der Waals surface area contributed by atoms with Gasteiger partial charge < -0.3 is 34.2 Å². The summed E-state index contributed by atoms with van der Waals surface area (Å²) in [5.41, 5.74) is -1.17. The quantitative estimate of drug-likeness (QED) is 0.157. The molecule has 1 fully saturated rings. The first-order chi connectivity index (χ1) is 26.7. The van der Waals surface area contributed by atoms with Gasteiger partial charge in [-0.25, -0.2) is 9.48 Å². The third-order valence-electron chi connectivity index (χ3n) is 8.98. The number of hydrogen-bond acceptors (Lipinski definition) is 13. The number of carbonyl (C=O) groups excluding carboxylic acids is 5. The third-order valence-corrected chi connectivity index (χ3v) is 8.98. The number of nitrogens with one attached hydrogen (secondary N) is 2. The molecule has 2 aromatic heterocycles. The fourth-order valence-electron chi connectivity index (χ4n) is 6.46. The molecule has 1 saturated heterocycles. The second-order valence-corrected chi connectivity index (χ2v) is 14.5. The number of carbonyl (C=O) groups is 5. The molecule has 3 atom stereocenters. The predicted molar refractivity (Wildman–Crippen MR) is 200 cm³/mol. The van der Waals surface area contributed by atoms with Crippen molar-refractivity contribution in [2.45, 2.75) is 96.7 Å². The number of tetrazole rings is 1. The van der Waals surface area contributed by atoms with E-state index in [2.05, 4.69) is 26.2 Å². The SMILES string of the molecule is COCn1nnnc1CC[C@H](NC(=O)c1cccc2ccccc12)C(=O)N1CCCC[C@H]1C(=O)N[C@@H](CC(=O)OC(C)(C)C)C(=O)COc1cc(C)oc(=O)c1. The number of methoxy groups -OCH3 is 1. The zero-order valence-electron chi connectivity index (χ0n) is 32.1. The van der Waals surface area contributed by atoms with Crippen molar-refractivity contribution >= 4 is 40.2 Å². The van der Waals surface area contributed by atoms with Gasteiger partial charge in [-0.05, 0) is 80.6 Å². The Hall–Kier alpha value is -5.97. The summed E-state index contributed by atoms with van der Waals surface area (Å²) in [5, 5.41) is 18.8. The van der Waals surface area contributed by atoms with Crippen molar-refractivity contribution in [2.75, 3.05) is 20.3 Å². The van der Waals surface area contributed by atoms with Crippen LogP contribution in [0, 0.1) is 6.92 Å². The van der Waals surface area contributed by atoms with Crippen molar-refractivity contribution in [1.82, 2.24) is 35.7 Å². The minimum absolute atomic E-state index is 0.0753. The van der Waals surface area contributed by atoms with E-state index in [0.717, 1.165) is 11.5 Å². The van der Waals surface area contributed by atoms with Crippen LogP contribution in [0.15, 0.2) is 63.8 Å². The smallest absolute Gasteiger partial charge is 0.339 e. The van der Waals surface area contributed by atoms with Gasteiger partial charge in [0, 0.05) is 31.7 Å². The molecule has 0 unspecified atom stereocenters. The first-order valence-electron chi connectivity index (χ1n) is 18.3. The van der Waals surface area contributed by atoms with Crippen LogP contribution < -0.4 is 21.0 Å². The summed E-state index contributed by atoms with van der Waals surface area (Å²) in [4.78, 5) is 82.2. The lowest BCUT2D eigenvalue weighted by atomic mass is 9.97. The third kappa shape index (κ3) is 11.1. The summed E-state index contributed by atoms with van der Waals surface area (Å²) < 4.78 is 22.5. The lowest BCUT2D eigenvalue weighted by Gasteiger charge is -2.37. The zero-order valence-corrected chi connectivity index (χ0v) is 32.1. The van der Waals surface area contributed by atoms with Crippen LogP contribution >= 0.6 is 0 Å². The van der Waals surface area contributed by atoms with Crippen molar-refractivity contribution in [1.29, 1.82) is 0 Å². The fraction of sp³-hybridized carbons (Fsp3) is 0.462. The first kappa shape index (κ1) is 41.2. The number of aryl methyl sites for hydroxylation is 2. The number of Topliss-reactive ketones (excluding diaryl/α,β-unsaturated/α-hetero) is 1. The molecule has 298 valence electrons. The molecule has 5 rings (SSSR count). The van der Waals surface area contributed by atoms with Crippen molar-refractivity contribution in [3.8, 4) is 5.75 Å². The maximum atomic E-state index is 14.5. The molecule has 17 heteroatoms. The summed E-state index contributed by atoms with van der Waals surface area (Å²) in [6, 6.07) is 11.7. The van der Waals surface area contributed by atoms with Crippen LogP contribution in [0.3, 0.4) is 0 Å². The Morgan fingerprint density at radius 3 is 2.52 bits per heavy atom. The van der Waals surface area contributed by atoms with E-state index in [1.807, 2.05) is 30.3 Å². The number of ketones is 1. The largest absolute Gasteiger partial charge is 0.485 e. The van der Waals surface area contributed by atoms with E-state index in [4.69, 9.17) is 18.6 Å². The van der Waals surface area contributed by atoms with E-state index in [1.54, 1.807) is 39.8 Å². The van der Waals surface area contributed by atoms with Crippen LogP contribution in [-0.2, 0) is 41.8 Å². The number of hydrogen-bond donors (Lipinski definition) is 2. The monoisotopic (exact) mass is 773 g/mol. The lowest BCUT2D eigenvalue weighted by Crippen LogP contribution is -2.59. The molecule has 17 nitrogen and oxygen atoms in total. The van der Waals surface area contributed by atoms with Gasteiger partial charge in [-0.15, -0.1) is 5.10 Å². The molecule has 0 saturated carbocycles. The summed E-state index contributed by atoms with van der Waals surface area (Å²) in [7, 11) is 1.49. The molecule has 3 heterocycles. The standard InChI is InChI=1S/C39H47N7O10/c1-24-19-26(20-34(48)55-24)54-22-32(47)30(21-35(49)56-39(2,3)4)41-37(51)31-15-8-9-18-45(31)38(52)29(16-17-33-42-43-44-46(33)23-53-5)40-36(50)28-14-10-12-25-11-6-7-13-27(25)28/h6-7,10-14,19-20,29-31H,8-9,15-18,21-23H2,1-5H3,(H,40,50)(H,41,51)/t29-,30-,31-/m0/s1. The van der Waals surface area contributed by atoms with Crippen molar-refractivity contribution in [3.05, 3.63) is 82.2 Å². The van der Waals surface area contributed by atoms with E-state index in [1.165, 1.54) is 22.8 Å². The molecular formula is C39H47N7O10. The number of ether oxygens (including phenoxy) is 3. The Balaban J connectivity index is 1.38. The maximum Gasteiger partial charge on any atom is 0.339 e. The molecule has 2 aromatic carbocycles. The number of nitrogens with zero attached hydrogens (tertiary/aromatic N) is 5. The van der Waals surface area contributed by atoms with Crippen molar-refractivity contribution in [3.63, 3.8) is 0 Å². The van der Waals surface area contributed by atoms with Crippen molar-refractivity contribution in [2.24, 2.45) is 0 Å². The van der Waals surface area contributed by atoms with E-state index in [9.17, 15) is 28.8 Å². The average molecular weight is 774 g/mol. The molecule has 1 aliphatic heterocycles. The Kier molecular flexibility index (Phi) is 13.7. The molecule has 4 aromatic rings. The molecule has 1 aliphatic rings. The van der Waals surface area contributed by atoms with Gasteiger partial charge in [0.25, 0.3) is 5.91 Å². The number of likely N-dealkylation sites (tertiary alicyclic amines) is 1. The van der Waals surface area contributed by atoms with E-state index in [0.29, 0.717) is 29.6 Å². The van der Waals surface area contributed by atoms with Crippen LogP contribution in [0.25, 0.3) is 10.8 Å². The van der Waals surface area contributed by atoms with Gasteiger partial charge in [-0.2, -0.15) is 0 Å². The van der Waals surface area contributed by atoms with Gasteiger partial charge in [0.1, 0.15) is 48.6 Å². The number of fused-ring (bicyclic) bond motifs is 1. The van der Waals surface area contributed by atoms with Crippen LogP contribution in [0.5, 0.6) is 5.75 Å². The molecule has 3 amide bonds. The Morgan fingerprint density at radius 1 is 1.00 bits per heavy atom. The molecule has 0 aliphatic carbocycles. The Bertz CT molecular complexity index is 2100. The summed E-state index contributed by atoms with van der Waals surface area (Å²) in [6.45, 7) is 6.25. The van der Waals surface area contributed by atoms with Gasteiger partial charge in [0.05, 0.1) is 12.5 Å². The van der Waals surface area contributed by atoms with E-state index in [-0.39, 0.29) is 44.0 Å². The maximum absolute atomic E-state index is 14.5. The molecule has 0 spiro atoms. The predicted octanol–water partition coefficient (Wildman–Crippen LogP) is 2.67.